The number of carbonyl (C=O) groups excluding carboxylic acids is 1. The second-order valence-corrected chi connectivity index (χ2v) is 6.16. The first-order valence-electron chi connectivity index (χ1n) is 5.52. The van der Waals surface area contributed by atoms with Gasteiger partial charge in [0.2, 0.25) is 0 Å². The van der Waals surface area contributed by atoms with Crippen molar-refractivity contribution in [3.63, 3.8) is 0 Å². The topological polar surface area (TPSA) is 80.7 Å². The Kier molecular flexibility index (Phi) is 5.82. The molecule has 0 bridgehead atoms. The average Bonchev–Trinajstić information content (AvgIpc) is 2.26. The summed E-state index contributed by atoms with van der Waals surface area (Å²) >= 11 is 0. The first kappa shape index (κ1) is 18.2. The molecule has 0 aromatic rings. The summed E-state index contributed by atoms with van der Waals surface area (Å²) in [6.45, 7) is 4.14. The summed E-state index contributed by atoms with van der Waals surface area (Å²) in [6, 6.07) is 0. The number of ether oxygens (including phenoxy) is 1. The molecule has 0 aromatic carbocycles. The fraction of sp³-hybridized carbons (Fsp3) is 0.900. The molecule has 1 atom stereocenters. The lowest BCUT2D eigenvalue weighted by Gasteiger charge is -2.21. The number of esters is 1. The zero-order chi connectivity index (χ0) is 15.5. The van der Waals surface area contributed by atoms with E-state index in [1.807, 2.05) is 0 Å². The molecule has 0 aliphatic rings. The molecule has 0 aromatic heterocycles. The molecule has 0 amide bonds. The summed E-state index contributed by atoms with van der Waals surface area (Å²) < 4.78 is 71.9. The van der Waals surface area contributed by atoms with Gasteiger partial charge >= 0.3 is 21.3 Å². The van der Waals surface area contributed by atoms with E-state index < -0.39 is 46.0 Å². The average molecular weight is 306 g/mol. The van der Waals surface area contributed by atoms with E-state index in [4.69, 9.17) is 4.55 Å². The summed E-state index contributed by atoms with van der Waals surface area (Å²) in [6.07, 6.45) is -3.75. The van der Waals surface area contributed by atoms with E-state index in [-0.39, 0.29) is 0 Å². The van der Waals surface area contributed by atoms with Crippen molar-refractivity contribution in [1.82, 2.24) is 0 Å². The smallest absolute Gasteiger partial charge is 0.400 e. The Hall–Kier alpha value is -0.830. The highest BCUT2D eigenvalue weighted by molar-refractivity contribution is 7.86. The van der Waals surface area contributed by atoms with Crippen LogP contribution in [0.4, 0.5) is 13.2 Å². The van der Waals surface area contributed by atoms with Crippen molar-refractivity contribution in [1.29, 1.82) is 0 Å². The van der Waals surface area contributed by atoms with Gasteiger partial charge in [-0.25, -0.2) is 4.39 Å². The van der Waals surface area contributed by atoms with Gasteiger partial charge in [-0.05, 0) is 20.3 Å². The second kappa shape index (κ2) is 6.08. The molecule has 1 unspecified atom stereocenters. The summed E-state index contributed by atoms with van der Waals surface area (Å²) in [7, 11) is -5.83. The van der Waals surface area contributed by atoms with Gasteiger partial charge in [0.15, 0.2) is 6.17 Å². The highest BCUT2D eigenvalue weighted by atomic mass is 32.2. The summed E-state index contributed by atoms with van der Waals surface area (Å²) in [5, 5.41) is -4.92. The monoisotopic (exact) mass is 306 g/mol. The number of rotatable bonds is 7. The molecule has 1 N–H and O–H groups in total. The standard InChI is InChI=1S/C10H17F3O5S/c1-4-9(2,3)8(14)18-6-5-7(11)10(12,13)19(15,16)17/h7H,4-6H2,1-3H3,(H,15,16,17). The zero-order valence-corrected chi connectivity index (χ0v) is 11.6. The number of carbonyl (C=O) groups is 1. The van der Waals surface area contributed by atoms with Crippen molar-refractivity contribution < 1.29 is 35.7 Å². The van der Waals surface area contributed by atoms with Crippen LogP contribution in [0.1, 0.15) is 33.6 Å². The van der Waals surface area contributed by atoms with Crippen molar-refractivity contribution in [2.24, 2.45) is 5.41 Å². The Morgan fingerprint density at radius 1 is 1.37 bits per heavy atom. The molecular weight excluding hydrogens is 289 g/mol. The molecule has 0 fully saturated rings. The van der Waals surface area contributed by atoms with Crippen molar-refractivity contribution in [3.8, 4) is 0 Å². The van der Waals surface area contributed by atoms with Gasteiger partial charge in [-0.3, -0.25) is 9.35 Å². The van der Waals surface area contributed by atoms with Crippen molar-refractivity contribution in [2.75, 3.05) is 6.61 Å². The van der Waals surface area contributed by atoms with E-state index in [9.17, 15) is 26.4 Å². The Morgan fingerprint density at radius 3 is 2.21 bits per heavy atom. The predicted molar refractivity (Wildman–Crippen MR) is 61.0 cm³/mol. The zero-order valence-electron chi connectivity index (χ0n) is 10.8. The van der Waals surface area contributed by atoms with E-state index in [1.54, 1.807) is 20.8 Å². The van der Waals surface area contributed by atoms with Crippen molar-refractivity contribution >= 4 is 16.1 Å². The van der Waals surface area contributed by atoms with E-state index in [0.29, 0.717) is 6.42 Å². The first-order chi connectivity index (χ1) is 8.36. The van der Waals surface area contributed by atoms with Gasteiger partial charge in [-0.15, -0.1) is 0 Å². The van der Waals surface area contributed by atoms with Crippen LogP contribution in [0.25, 0.3) is 0 Å². The number of halogens is 3. The minimum atomic E-state index is -5.83. The maximum Gasteiger partial charge on any atom is 0.400 e. The molecule has 0 radical (unpaired) electrons. The van der Waals surface area contributed by atoms with Crippen molar-refractivity contribution in [2.45, 2.75) is 45.0 Å². The Bertz CT molecular complexity index is 419. The molecule has 0 aliphatic heterocycles. The second-order valence-electron chi connectivity index (χ2n) is 4.67. The molecule has 5 nitrogen and oxygen atoms in total. The SMILES string of the molecule is CCC(C)(C)C(=O)OCCC(F)C(F)(F)S(=O)(=O)O. The molecule has 0 saturated carbocycles. The van der Waals surface area contributed by atoms with E-state index in [0.717, 1.165) is 0 Å². The first-order valence-corrected chi connectivity index (χ1v) is 6.96. The molecule has 19 heavy (non-hydrogen) atoms. The van der Waals surface area contributed by atoms with Crippen LogP contribution in [0.5, 0.6) is 0 Å². The van der Waals surface area contributed by atoms with E-state index in [2.05, 4.69) is 4.74 Å². The van der Waals surface area contributed by atoms with Gasteiger partial charge in [0.1, 0.15) is 0 Å². The fourth-order valence-corrected chi connectivity index (χ4v) is 1.37. The summed E-state index contributed by atoms with van der Waals surface area (Å²) in [5.41, 5.74) is -0.836. The maximum atomic E-state index is 13.0. The number of hydrogen-bond acceptors (Lipinski definition) is 4. The Balaban J connectivity index is 4.42. The molecule has 0 rings (SSSR count). The summed E-state index contributed by atoms with van der Waals surface area (Å²) in [5.74, 6) is -0.697. The van der Waals surface area contributed by atoms with Crippen LogP contribution >= 0.6 is 0 Å². The van der Waals surface area contributed by atoms with Gasteiger partial charge in [0.05, 0.1) is 12.0 Å². The lowest BCUT2D eigenvalue weighted by molar-refractivity contribution is -0.155. The van der Waals surface area contributed by atoms with Gasteiger partial charge in [-0.1, -0.05) is 6.92 Å². The van der Waals surface area contributed by atoms with Gasteiger partial charge in [-0.2, -0.15) is 17.2 Å². The van der Waals surface area contributed by atoms with Gasteiger partial charge in [0, 0.05) is 6.42 Å². The van der Waals surface area contributed by atoms with Gasteiger partial charge in [0.25, 0.3) is 0 Å². The van der Waals surface area contributed by atoms with Crippen LogP contribution in [0.3, 0.4) is 0 Å². The van der Waals surface area contributed by atoms with Crippen LogP contribution < -0.4 is 0 Å². The maximum absolute atomic E-state index is 13.0. The number of hydrogen-bond donors (Lipinski definition) is 1. The lowest BCUT2D eigenvalue weighted by atomic mass is 9.91. The van der Waals surface area contributed by atoms with Crippen LogP contribution in [-0.4, -0.2) is 37.0 Å². The highest BCUT2D eigenvalue weighted by Crippen LogP contribution is 2.29. The van der Waals surface area contributed by atoms with Gasteiger partial charge < -0.3 is 4.74 Å². The predicted octanol–water partition coefficient (Wildman–Crippen LogP) is 2.17. The normalized spacial score (nSPS) is 15.1. The van der Waals surface area contributed by atoms with Crippen molar-refractivity contribution in [3.05, 3.63) is 0 Å². The molecule has 9 heteroatoms. The minimum absolute atomic E-state index is 0.437. The van der Waals surface area contributed by atoms with Crippen LogP contribution in [-0.2, 0) is 19.6 Å². The van der Waals surface area contributed by atoms with Crippen LogP contribution in [0.15, 0.2) is 0 Å². The molecular formula is C10H17F3O5S. The van der Waals surface area contributed by atoms with E-state index in [1.165, 1.54) is 0 Å². The molecule has 114 valence electrons. The molecule has 0 spiro atoms. The Morgan fingerprint density at radius 2 is 1.84 bits per heavy atom. The van der Waals surface area contributed by atoms with Crippen LogP contribution in [0.2, 0.25) is 0 Å². The summed E-state index contributed by atoms with van der Waals surface area (Å²) in [4.78, 5) is 11.4. The molecule has 0 heterocycles. The molecule has 0 aliphatic carbocycles. The number of alkyl halides is 3. The lowest BCUT2D eigenvalue weighted by Crippen LogP contribution is -2.39. The van der Waals surface area contributed by atoms with E-state index >= 15 is 0 Å². The largest absolute Gasteiger partial charge is 0.465 e. The third-order valence-electron chi connectivity index (χ3n) is 2.75. The molecule has 0 saturated heterocycles. The minimum Gasteiger partial charge on any atom is -0.465 e. The quantitative estimate of drug-likeness (QED) is 0.576. The third-order valence-corrected chi connectivity index (χ3v) is 3.69. The Labute approximate surface area is 109 Å². The highest BCUT2D eigenvalue weighted by Gasteiger charge is 2.52. The third kappa shape index (κ3) is 4.64. The van der Waals surface area contributed by atoms with Crippen LogP contribution in [0, 0.1) is 5.41 Å². The fourth-order valence-electron chi connectivity index (χ4n) is 0.924.